The van der Waals surface area contributed by atoms with Gasteiger partial charge in [0, 0.05) is 25.3 Å². The molecule has 0 aliphatic heterocycles. The number of hydrogen-bond donors (Lipinski definition) is 1. The zero-order chi connectivity index (χ0) is 25.1. The molecule has 4 atom stereocenters. The first-order valence-corrected chi connectivity index (χ1v) is 12.2. The van der Waals surface area contributed by atoms with Crippen LogP contribution in [0.2, 0.25) is 0 Å². The summed E-state index contributed by atoms with van der Waals surface area (Å²) in [4.78, 5) is 36.0. The van der Waals surface area contributed by atoms with Gasteiger partial charge in [0.2, 0.25) is 0 Å². The lowest BCUT2D eigenvalue weighted by Crippen LogP contribution is -2.58. The van der Waals surface area contributed by atoms with E-state index in [1.54, 1.807) is 0 Å². The highest BCUT2D eigenvalue weighted by Crippen LogP contribution is 2.61. The molecule has 186 valence electrons. The van der Waals surface area contributed by atoms with E-state index < -0.39 is 18.2 Å². The summed E-state index contributed by atoms with van der Waals surface area (Å²) in [5.41, 5.74) is 2.61. The van der Waals surface area contributed by atoms with Gasteiger partial charge in [-0.15, -0.1) is 0 Å². The fourth-order valence-corrected chi connectivity index (χ4v) is 6.36. The van der Waals surface area contributed by atoms with Crippen molar-refractivity contribution < 1.29 is 29.0 Å². The molecule has 1 saturated carbocycles. The van der Waals surface area contributed by atoms with E-state index in [1.165, 1.54) is 18.6 Å². The quantitative estimate of drug-likeness (QED) is 0.276. The Kier molecular flexibility index (Phi) is 8.58. The van der Waals surface area contributed by atoms with Crippen molar-refractivity contribution in [3.05, 3.63) is 22.8 Å². The predicted octanol–water partition coefficient (Wildman–Crippen LogP) is 5.85. The second kappa shape index (κ2) is 10.4. The van der Waals surface area contributed by atoms with Crippen LogP contribution in [0.3, 0.4) is 0 Å². The van der Waals surface area contributed by atoms with Crippen molar-refractivity contribution in [3.63, 3.8) is 0 Å². The second-order valence-electron chi connectivity index (χ2n) is 11.3. The Balaban J connectivity index is 2.59. The molecule has 6 heteroatoms. The van der Waals surface area contributed by atoms with E-state index in [1.807, 2.05) is 27.7 Å². The number of carbonyl (C=O) groups excluding carboxylic acids is 2. The van der Waals surface area contributed by atoms with Crippen LogP contribution < -0.4 is 0 Å². The van der Waals surface area contributed by atoms with Crippen LogP contribution in [0.1, 0.15) is 93.9 Å². The van der Waals surface area contributed by atoms with Gasteiger partial charge in [0.15, 0.2) is 6.10 Å². The molecule has 2 rings (SSSR count). The standard InChI is InChI=1S/C27H42O6/c1-16(2)14-22(31)33-23-18(4)20(11-10-17(3)15-21(29)30)27(8)13-9-12-26(6,7)25(27)24(23)32-19(5)28/h15-16,23-25H,9-14H2,1-8H3,(H,29,30). The molecule has 1 N–H and O–H groups in total. The van der Waals surface area contributed by atoms with Crippen molar-refractivity contribution in [2.24, 2.45) is 22.7 Å². The molecule has 33 heavy (non-hydrogen) atoms. The lowest BCUT2D eigenvalue weighted by molar-refractivity contribution is -0.186. The Morgan fingerprint density at radius 1 is 1.12 bits per heavy atom. The largest absolute Gasteiger partial charge is 0.478 e. The second-order valence-corrected chi connectivity index (χ2v) is 11.3. The smallest absolute Gasteiger partial charge is 0.328 e. The highest BCUT2D eigenvalue weighted by Gasteiger charge is 2.59. The summed E-state index contributed by atoms with van der Waals surface area (Å²) in [5.74, 6) is -1.45. The van der Waals surface area contributed by atoms with E-state index >= 15 is 0 Å². The first kappa shape index (κ1) is 27.1. The fraction of sp³-hybridized carbons (Fsp3) is 0.741. The number of carboxylic acids is 1. The minimum atomic E-state index is -0.944. The lowest BCUT2D eigenvalue weighted by Gasteiger charge is -2.58. The molecule has 2 aliphatic rings. The molecule has 0 aromatic carbocycles. The molecule has 0 saturated heterocycles. The van der Waals surface area contributed by atoms with E-state index in [9.17, 15) is 14.4 Å². The third-order valence-electron chi connectivity index (χ3n) is 7.54. The van der Waals surface area contributed by atoms with Crippen molar-refractivity contribution in [1.82, 2.24) is 0 Å². The molecule has 4 unspecified atom stereocenters. The summed E-state index contributed by atoms with van der Waals surface area (Å²) in [7, 11) is 0. The Labute approximate surface area is 198 Å². The van der Waals surface area contributed by atoms with Crippen molar-refractivity contribution in [3.8, 4) is 0 Å². The van der Waals surface area contributed by atoms with Crippen molar-refractivity contribution in [2.45, 2.75) is 106 Å². The van der Waals surface area contributed by atoms with Gasteiger partial charge in [-0.2, -0.15) is 0 Å². The molecule has 2 aliphatic carbocycles. The average Bonchev–Trinajstić information content (AvgIpc) is 2.62. The molecule has 1 fully saturated rings. The molecule has 0 bridgehead atoms. The predicted molar refractivity (Wildman–Crippen MR) is 127 cm³/mol. The van der Waals surface area contributed by atoms with Crippen LogP contribution in [0.5, 0.6) is 0 Å². The van der Waals surface area contributed by atoms with E-state index in [0.717, 1.165) is 30.4 Å². The Morgan fingerprint density at radius 2 is 1.76 bits per heavy atom. The zero-order valence-corrected chi connectivity index (χ0v) is 21.6. The number of esters is 2. The van der Waals surface area contributed by atoms with Crippen molar-refractivity contribution in [2.75, 3.05) is 0 Å². The van der Waals surface area contributed by atoms with Gasteiger partial charge < -0.3 is 14.6 Å². The Morgan fingerprint density at radius 3 is 2.30 bits per heavy atom. The van der Waals surface area contributed by atoms with E-state index in [0.29, 0.717) is 19.3 Å². The topological polar surface area (TPSA) is 89.9 Å². The van der Waals surface area contributed by atoms with Crippen LogP contribution in [0, 0.1) is 22.7 Å². The number of carboxylic acid groups (broad SMARTS) is 1. The number of allylic oxidation sites excluding steroid dienone is 2. The minimum Gasteiger partial charge on any atom is -0.478 e. The van der Waals surface area contributed by atoms with Gasteiger partial charge in [0.1, 0.15) is 6.10 Å². The van der Waals surface area contributed by atoms with Gasteiger partial charge in [0.05, 0.1) is 0 Å². The summed E-state index contributed by atoms with van der Waals surface area (Å²) < 4.78 is 12.0. The molecule has 0 amide bonds. The maximum Gasteiger partial charge on any atom is 0.328 e. The van der Waals surface area contributed by atoms with Crippen LogP contribution >= 0.6 is 0 Å². The maximum absolute atomic E-state index is 12.7. The summed E-state index contributed by atoms with van der Waals surface area (Å²) >= 11 is 0. The fourth-order valence-electron chi connectivity index (χ4n) is 6.36. The highest BCUT2D eigenvalue weighted by molar-refractivity contribution is 5.80. The number of fused-ring (bicyclic) bond motifs is 1. The Hall–Kier alpha value is -2.11. The molecule has 0 radical (unpaired) electrons. The summed E-state index contributed by atoms with van der Waals surface area (Å²) in [5, 5.41) is 9.12. The van der Waals surface area contributed by atoms with Gasteiger partial charge in [-0.1, -0.05) is 52.2 Å². The molecular formula is C27H42O6. The van der Waals surface area contributed by atoms with Gasteiger partial charge in [-0.25, -0.2) is 4.79 Å². The lowest BCUT2D eigenvalue weighted by atomic mass is 9.48. The van der Waals surface area contributed by atoms with Crippen LogP contribution in [0.15, 0.2) is 22.8 Å². The van der Waals surface area contributed by atoms with Crippen molar-refractivity contribution >= 4 is 17.9 Å². The normalized spacial score (nSPS) is 29.5. The number of rotatable bonds is 8. The van der Waals surface area contributed by atoms with Gasteiger partial charge in [-0.3, -0.25) is 9.59 Å². The molecule has 0 spiro atoms. The number of carbonyl (C=O) groups is 3. The van der Waals surface area contributed by atoms with Gasteiger partial charge in [0.25, 0.3) is 0 Å². The van der Waals surface area contributed by atoms with Crippen LogP contribution in [-0.2, 0) is 23.9 Å². The average molecular weight is 463 g/mol. The summed E-state index contributed by atoms with van der Waals surface area (Å²) in [6.45, 7) is 15.8. The van der Waals surface area contributed by atoms with E-state index in [4.69, 9.17) is 14.6 Å². The third-order valence-corrected chi connectivity index (χ3v) is 7.54. The zero-order valence-electron chi connectivity index (χ0n) is 21.6. The summed E-state index contributed by atoms with van der Waals surface area (Å²) in [6.07, 6.45) is 4.71. The molecule has 0 aromatic heterocycles. The van der Waals surface area contributed by atoms with Crippen LogP contribution in [0.25, 0.3) is 0 Å². The molecule has 0 aromatic rings. The van der Waals surface area contributed by atoms with Crippen LogP contribution in [-0.4, -0.2) is 35.2 Å². The minimum absolute atomic E-state index is 0.0121. The molecule has 6 nitrogen and oxygen atoms in total. The number of hydrogen-bond acceptors (Lipinski definition) is 5. The Bertz CT molecular complexity index is 834. The maximum atomic E-state index is 12.7. The SMILES string of the molecule is CC(=O)OC1C(OC(=O)CC(C)C)C(C)=C(CCC(C)=CC(=O)O)C2(C)CCCC(C)(C)C12. The van der Waals surface area contributed by atoms with Crippen molar-refractivity contribution in [1.29, 1.82) is 0 Å². The first-order chi connectivity index (χ1) is 15.2. The highest BCUT2D eigenvalue weighted by atomic mass is 16.6. The first-order valence-electron chi connectivity index (χ1n) is 12.2. The summed E-state index contributed by atoms with van der Waals surface area (Å²) in [6, 6.07) is 0. The third kappa shape index (κ3) is 6.27. The molecule has 0 heterocycles. The van der Waals surface area contributed by atoms with Crippen LogP contribution in [0.4, 0.5) is 0 Å². The monoisotopic (exact) mass is 462 g/mol. The number of ether oxygens (including phenoxy) is 2. The molecular weight excluding hydrogens is 420 g/mol. The van der Waals surface area contributed by atoms with Gasteiger partial charge in [-0.05, 0) is 61.9 Å². The van der Waals surface area contributed by atoms with E-state index in [-0.39, 0.29) is 34.6 Å². The van der Waals surface area contributed by atoms with E-state index in [2.05, 4.69) is 20.8 Å². The number of aliphatic carboxylic acids is 1. The van der Waals surface area contributed by atoms with Gasteiger partial charge >= 0.3 is 17.9 Å².